The summed E-state index contributed by atoms with van der Waals surface area (Å²) in [6, 6.07) is 5.90. The molecule has 20 heavy (non-hydrogen) atoms. The Balaban J connectivity index is 2.20. The minimum atomic E-state index is -3.69. The molecule has 0 saturated carbocycles. The quantitative estimate of drug-likeness (QED) is 0.926. The molecule has 0 radical (unpaired) electrons. The Kier molecular flexibility index (Phi) is 4.66. The van der Waals surface area contributed by atoms with E-state index in [1.807, 2.05) is 13.0 Å². The fraction of sp³-hybridized carbons (Fsp3) is 0.462. The number of hydrogen-bond donors (Lipinski definition) is 1. The minimum absolute atomic E-state index is 0.00249. The lowest BCUT2D eigenvalue weighted by Crippen LogP contribution is -2.41. The average Bonchev–Trinajstić information content (AvgIpc) is 2.37. The van der Waals surface area contributed by atoms with E-state index < -0.39 is 10.0 Å². The molecule has 0 bridgehead atoms. The number of benzene rings is 1. The summed E-state index contributed by atoms with van der Waals surface area (Å²) in [6.45, 7) is 2.45. The standard InChI is InChI=1S/C13H15ClN2O3S/c1-9-6-11(4-5-19-9)16-20(17,18)13-3-2-10(8-15)7-12(13)14/h2-3,7,9,11,16H,4-6H2,1H3. The third-order valence-electron chi connectivity index (χ3n) is 3.16. The lowest BCUT2D eigenvalue weighted by atomic mass is 10.1. The van der Waals surface area contributed by atoms with Gasteiger partial charge < -0.3 is 4.74 Å². The van der Waals surface area contributed by atoms with Crippen LogP contribution in [0.2, 0.25) is 5.02 Å². The summed E-state index contributed by atoms with van der Waals surface area (Å²) < 4.78 is 32.6. The molecule has 1 N–H and O–H groups in total. The summed E-state index contributed by atoms with van der Waals surface area (Å²) in [6.07, 6.45) is 1.30. The van der Waals surface area contributed by atoms with Crippen LogP contribution in [-0.4, -0.2) is 27.2 Å². The van der Waals surface area contributed by atoms with Crippen LogP contribution in [0.3, 0.4) is 0 Å². The molecule has 1 aromatic carbocycles. The van der Waals surface area contributed by atoms with Gasteiger partial charge in [0, 0.05) is 12.6 Å². The molecule has 1 aliphatic rings. The van der Waals surface area contributed by atoms with E-state index in [1.165, 1.54) is 18.2 Å². The van der Waals surface area contributed by atoms with Crippen LogP contribution in [-0.2, 0) is 14.8 Å². The van der Waals surface area contributed by atoms with Crippen LogP contribution in [0.25, 0.3) is 0 Å². The van der Waals surface area contributed by atoms with Gasteiger partial charge in [0.15, 0.2) is 0 Å². The summed E-state index contributed by atoms with van der Waals surface area (Å²) in [5, 5.41) is 8.81. The molecule has 5 nitrogen and oxygen atoms in total. The Bertz CT molecular complexity index is 640. The van der Waals surface area contributed by atoms with Gasteiger partial charge in [0.2, 0.25) is 10.0 Å². The molecule has 0 amide bonds. The monoisotopic (exact) mass is 314 g/mol. The van der Waals surface area contributed by atoms with Gasteiger partial charge in [0.1, 0.15) is 4.90 Å². The third kappa shape index (κ3) is 3.49. The van der Waals surface area contributed by atoms with Crippen molar-refractivity contribution >= 4 is 21.6 Å². The molecule has 1 aromatic rings. The van der Waals surface area contributed by atoms with Crippen LogP contribution >= 0.6 is 11.6 Å². The number of nitrogens with zero attached hydrogens (tertiary/aromatic N) is 1. The summed E-state index contributed by atoms with van der Waals surface area (Å²) in [5.41, 5.74) is 0.327. The summed E-state index contributed by atoms with van der Waals surface area (Å²) in [7, 11) is -3.69. The Morgan fingerprint density at radius 2 is 2.25 bits per heavy atom. The molecule has 2 unspecified atom stereocenters. The molecule has 1 aliphatic heterocycles. The highest BCUT2D eigenvalue weighted by atomic mass is 35.5. The van der Waals surface area contributed by atoms with Gasteiger partial charge in [-0.05, 0) is 38.0 Å². The number of sulfonamides is 1. The fourth-order valence-corrected chi connectivity index (χ4v) is 4.00. The number of rotatable bonds is 3. The van der Waals surface area contributed by atoms with Gasteiger partial charge in [-0.25, -0.2) is 13.1 Å². The SMILES string of the molecule is CC1CC(NS(=O)(=O)c2ccc(C#N)cc2Cl)CCO1. The maximum atomic E-state index is 12.3. The van der Waals surface area contributed by atoms with Crippen LogP contribution in [0.4, 0.5) is 0 Å². The van der Waals surface area contributed by atoms with Crippen LogP contribution < -0.4 is 4.72 Å². The number of hydrogen-bond acceptors (Lipinski definition) is 4. The lowest BCUT2D eigenvalue weighted by molar-refractivity contribution is 0.0173. The van der Waals surface area contributed by atoms with Crippen molar-refractivity contribution < 1.29 is 13.2 Å². The zero-order valence-corrected chi connectivity index (χ0v) is 12.5. The molecule has 7 heteroatoms. The molecule has 1 fully saturated rings. The maximum absolute atomic E-state index is 12.3. The topological polar surface area (TPSA) is 79.2 Å². The van der Waals surface area contributed by atoms with Gasteiger partial charge >= 0.3 is 0 Å². The smallest absolute Gasteiger partial charge is 0.242 e. The number of ether oxygens (including phenoxy) is 1. The Morgan fingerprint density at radius 3 is 2.85 bits per heavy atom. The van der Waals surface area contributed by atoms with E-state index in [-0.39, 0.29) is 22.1 Å². The molecule has 0 aliphatic carbocycles. The zero-order valence-electron chi connectivity index (χ0n) is 11.0. The first-order chi connectivity index (χ1) is 9.42. The largest absolute Gasteiger partial charge is 0.378 e. The second-order valence-corrected chi connectivity index (χ2v) is 6.87. The van der Waals surface area contributed by atoms with Gasteiger partial charge in [0.25, 0.3) is 0 Å². The number of nitriles is 1. The molecule has 2 atom stereocenters. The van der Waals surface area contributed by atoms with Gasteiger partial charge in [-0.1, -0.05) is 11.6 Å². The van der Waals surface area contributed by atoms with Crippen molar-refractivity contribution in [2.45, 2.75) is 36.8 Å². The normalized spacial score (nSPS) is 23.2. The van der Waals surface area contributed by atoms with E-state index in [1.54, 1.807) is 0 Å². The van der Waals surface area contributed by atoms with Crippen LogP contribution in [0.15, 0.2) is 23.1 Å². The van der Waals surface area contributed by atoms with Crippen molar-refractivity contribution in [2.75, 3.05) is 6.61 Å². The van der Waals surface area contributed by atoms with E-state index >= 15 is 0 Å². The summed E-state index contributed by atoms with van der Waals surface area (Å²) in [5.74, 6) is 0. The first kappa shape index (κ1) is 15.3. The Morgan fingerprint density at radius 1 is 1.50 bits per heavy atom. The molecule has 1 heterocycles. The van der Waals surface area contributed by atoms with Crippen molar-refractivity contribution in [2.24, 2.45) is 0 Å². The number of nitrogens with one attached hydrogen (secondary N) is 1. The van der Waals surface area contributed by atoms with E-state index in [2.05, 4.69) is 4.72 Å². The Hall–Kier alpha value is -1.13. The van der Waals surface area contributed by atoms with Crippen molar-refractivity contribution in [3.63, 3.8) is 0 Å². The third-order valence-corrected chi connectivity index (χ3v) is 5.16. The first-order valence-corrected chi connectivity index (χ1v) is 8.12. The van der Waals surface area contributed by atoms with Gasteiger partial charge in [0.05, 0.1) is 22.8 Å². The van der Waals surface area contributed by atoms with Crippen molar-refractivity contribution in [1.29, 1.82) is 5.26 Å². The highest BCUT2D eigenvalue weighted by molar-refractivity contribution is 7.89. The molecule has 2 rings (SSSR count). The minimum Gasteiger partial charge on any atom is -0.378 e. The molecule has 108 valence electrons. The van der Waals surface area contributed by atoms with E-state index in [4.69, 9.17) is 21.6 Å². The molecular formula is C13H15ClN2O3S. The highest BCUT2D eigenvalue weighted by Crippen LogP contribution is 2.24. The van der Waals surface area contributed by atoms with E-state index in [0.29, 0.717) is 25.0 Å². The van der Waals surface area contributed by atoms with Crippen molar-refractivity contribution in [3.8, 4) is 6.07 Å². The van der Waals surface area contributed by atoms with Crippen LogP contribution in [0, 0.1) is 11.3 Å². The number of halogens is 1. The van der Waals surface area contributed by atoms with Crippen LogP contribution in [0.5, 0.6) is 0 Å². The molecule has 1 saturated heterocycles. The fourth-order valence-electron chi connectivity index (χ4n) is 2.18. The van der Waals surface area contributed by atoms with E-state index in [0.717, 1.165) is 0 Å². The zero-order chi connectivity index (χ0) is 14.8. The first-order valence-electron chi connectivity index (χ1n) is 6.26. The maximum Gasteiger partial charge on any atom is 0.242 e. The molecule has 0 spiro atoms. The second-order valence-electron chi connectivity index (χ2n) is 4.78. The molecule has 0 aromatic heterocycles. The van der Waals surface area contributed by atoms with Crippen molar-refractivity contribution in [3.05, 3.63) is 28.8 Å². The van der Waals surface area contributed by atoms with Gasteiger partial charge in [-0.2, -0.15) is 5.26 Å². The lowest BCUT2D eigenvalue weighted by Gasteiger charge is -2.27. The Labute approximate surface area is 123 Å². The molecular weight excluding hydrogens is 300 g/mol. The summed E-state index contributed by atoms with van der Waals surface area (Å²) >= 11 is 5.94. The predicted octanol–water partition coefficient (Wildman–Crippen LogP) is 2.06. The highest BCUT2D eigenvalue weighted by Gasteiger charge is 2.26. The van der Waals surface area contributed by atoms with Gasteiger partial charge in [-0.3, -0.25) is 0 Å². The average molecular weight is 315 g/mol. The van der Waals surface area contributed by atoms with Crippen LogP contribution in [0.1, 0.15) is 25.3 Å². The predicted molar refractivity (Wildman–Crippen MR) is 74.9 cm³/mol. The van der Waals surface area contributed by atoms with E-state index in [9.17, 15) is 8.42 Å². The summed E-state index contributed by atoms with van der Waals surface area (Å²) in [4.78, 5) is -0.00249. The van der Waals surface area contributed by atoms with Gasteiger partial charge in [-0.15, -0.1) is 0 Å². The van der Waals surface area contributed by atoms with Crippen molar-refractivity contribution in [1.82, 2.24) is 4.72 Å². The second kappa shape index (κ2) is 6.10.